The highest BCUT2D eigenvalue weighted by Crippen LogP contribution is 2.30. The number of nitrogens with zero attached hydrogens (tertiary/aromatic N) is 6. The minimum Gasteiger partial charge on any atom is -0.380 e. The molecule has 5 amide bonds. The number of rotatable bonds is 13. The summed E-state index contributed by atoms with van der Waals surface area (Å²) in [5.41, 5.74) is 5.81. The van der Waals surface area contributed by atoms with Gasteiger partial charge in [-0.3, -0.25) is 34.4 Å². The third-order valence-corrected chi connectivity index (χ3v) is 13.4. The zero-order chi connectivity index (χ0) is 47.3. The summed E-state index contributed by atoms with van der Waals surface area (Å²) < 4.78 is 27.9. The number of aromatic amines is 1. The maximum Gasteiger partial charge on any atom is 0.258 e. The van der Waals surface area contributed by atoms with Gasteiger partial charge in [-0.2, -0.15) is 5.10 Å². The Morgan fingerprint density at radius 2 is 1.41 bits per heavy atom. The van der Waals surface area contributed by atoms with Crippen molar-refractivity contribution in [3.8, 4) is 0 Å². The molecule has 4 aromatic carbocycles. The molecule has 0 spiro atoms. The fourth-order valence-corrected chi connectivity index (χ4v) is 9.59. The van der Waals surface area contributed by atoms with Crippen LogP contribution in [0.1, 0.15) is 60.0 Å². The van der Waals surface area contributed by atoms with Crippen LogP contribution in [0.25, 0.3) is 10.9 Å². The van der Waals surface area contributed by atoms with Gasteiger partial charge >= 0.3 is 0 Å². The number of halogens is 2. The monoisotopic (exact) mass is 929 g/mol. The molecule has 9 rings (SSSR count). The molecule has 0 bridgehead atoms. The van der Waals surface area contributed by atoms with E-state index in [1.54, 1.807) is 0 Å². The van der Waals surface area contributed by atoms with Crippen LogP contribution in [0, 0.1) is 11.6 Å². The van der Waals surface area contributed by atoms with Crippen molar-refractivity contribution in [3.05, 3.63) is 107 Å². The van der Waals surface area contributed by atoms with Crippen LogP contribution in [-0.4, -0.2) is 139 Å². The van der Waals surface area contributed by atoms with Crippen LogP contribution >= 0.6 is 0 Å². The van der Waals surface area contributed by atoms with E-state index in [9.17, 15) is 32.8 Å². The lowest BCUT2D eigenvalue weighted by Gasteiger charge is -2.37. The van der Waals surface area contributed by atoms with Crippen LogP contribution in [0.3, 0.4) is 0 Å². The maximum atomic E-state index is 14.2. The number of imide groups is 1. The minimum absolute atomic E-state index is 0.0484. The molecule has 16 nitrogen and oxygen atoms in total. The molecule has 68 heavy (non-hydrogen) atoms. The lowest BCUT2D eigenvalue weighted by Crippen LogP contribution is -2.49. The quantitative estimate of drug-likeness (QED) is 0.0984. The summed E-state index contributed by atoms with van der Waals surface area (Å²) in [6, 6.07) is 21.9. The molecule has 2 unspecified atom stereocenters. The molecular weight excluding hydrogens is 873 g/mol. The van der Waals surface area contributed by atoms with Gasteiger partial charge in [0.05, 0.1) is 11.1 Å². The number of carbonyl (C=O) groups excluding carboxylic acids is 5. The first-order valence-electron chi connectivity index (χ1n) is 23.5. The summed E-state index contributed by atoms with van der Waals surface area (Å²) in [5.74, 6) is -2.03. The van der Waals surface area contributed by atoms with Crippen LogP contribution in [-0.2, 0) is 25.6 Å². The number of H-pyrrole nitrogens is 1. The number of hydrogen-bond donors (Lipinski definition) is 5. The molecule has 5 aromatic rings. The van der Waals surface area contributed by atoms with Crippen LogP contribution in [0.4, 0.5) is 37.3 Å². The third kappa shape index (κ3) is 11.0. The van der Waals surface area contributed by atoms with Crippen LogP contribution in [0.15, 0.2) is 78.9 Å². The summed E-state index contributed by atoms with van der Waals surface area (Å²) in [6.07, 6.45) is 2.82. The summed E-state index contributed by atoms with van der Waals surface area (Å²) in [4.78, 5) is 75.3. The number of amides is 5. The van der Waals surface area contributed by atoms with Crippen molar-refractivity contribution in [1.82, 2.24) is 30.2 Å². The summed E-state index contributed by atoms with van der Waals surface area (Å²) in [5, 5.41) is 20.2. The Hall–Kier alpha value is -7.08. The standard InChI is InChI=1S/C50H57F2N11O5/c1-59-17-19-61(20-18-59)39-9-10-40(49(67)56-48-41-28-32(4-11-42(41)57-58-48)25-33-26-34(51)29-35(52)27-33)44(30-39)54-37-3-2-16-63(31-37)47(66)15-14-46(65)62-23-21-60(22-24-62)38-7-5-36(6-8-38)53-43-12-13-45(64)55-50(43)68/h4-11,26-30,37,43,53-54H,2-3,12-25,31H2,1H3,(H,55,64,68)(H2,56,57,58,67). The number of piperazine rings is 2. The van der Waals surface area contributed by atoms with Crippen molar-refractivity contribution in [2.45, 2.75) is 57.0 Å². The second-order valence-corrected chi connectivity index (χ2v) is 18.3. The van der Waals surface area contributed by atoms with E-state index in [0.29, 0.717) is 85.6 Å². The Balaban J connectivity index is 0.804. The van der Waals surface area contributed by atoms with Crippen LogP contribution in [0.2, 0.25) is 0 Å². The van der Waals surface area contributed by atoms with Gasteiger partial charge in [0.15, 0.2) is 5.82 Å². The molecule has 5 N–H and O–H groups in total. The van der Waals surface area contributed by atoms with Gasteiger partial charge in [0.25, 0.3) is 5.91 Å². The number of anilines is 5. The Kier molecular flexibility index (Phi) is 13.8. The van der Waals surface area contributed by atoms with E-state index >= 15 is 0 Å². The molecule has 0 aliphatic carbocycles. The van der Waals surface area contributed by atoms with E-state index in [4.69, 9.17) is 0 Å². The predicted octanol–water partition coefficient (Wildman–Crippen LogP) is 5.19. The molecule has 4 saturated heterocycles. The number of fused-ring (bicyclic) bond motifs is 1. The second-order valence-electron chi connectivity index (χ2n) is 18.3. The lowest BCUT2D eigenvalue weighted by molar-refractivity contribution is -0.137. The van der Waals surface area contributed by atoms with Crippen molar-refractivity contribution >= 4 is 69.0 Å². The molecule has 356 valence electrons. The molecule has 4 aliphatic rings. The van der Waals surface area contributed by atoms with Gasteiger partial charge in [0.1, 0.15) is 17.7 Å². The molecule has 4 aliphatic heterocycles. The highest BCUT2D eigenvalue weighted by atomic mass is 19.1. The van der Waals surface area contributed by atoms with E-state index in [-0.39, 0.29) is 54.8 Å². The normalized spacial score (nSPS) is 19.2. The van der Waals surface area contributed by atoms with Crippen molar-refractivity contribution < 1.29 is 32.8 Å². The average Bonchev–Trinajstić information content (AvgIpc) is 3.73. The summed E-state index contributed by atoms with van der Waals surface area (Å²) >= 11 is 0. The van der Waals surface area contributed by atoms with Crippen molar-refractivity contribution in [3.63, 3.8) is 0 Å². The van der Waals surface area contributed by atoms with E-state index in [1.807, 2.05) is 70.5 Å². The lowest BCUT2D eigenvalue weighted by atomic mass is 10.0. The smallest absolute Gasteiger partial charge is 0.258 e. The topological polar surface area (TPSA) is 178 Å². The molecule has 2 atom stereocenters. The Morgan fingerprint density at radius 3 is 2.15 bits per heavy atom. The average molecular weight is 930 g/mol. The zero-order valence-electron chi connectivity index (χ0n) is 38.2. The number of likely N-dealkylation sites (N-methyl/N-ethyl adjacent to an activating group) is 1. The van der Waals surface area contributed by atoms with Crippen LogP contribution < -0.4 is 31.1 Å². The van der Waals surface area contributed by atoms with Crippen molar-refractivity contribution in [2.24, 2.45) is 0 Å². The van der Waals surface area contributed by atoms with E-state index in [2.05, 4.69) is 53.2 Å². The van der Waals surface area contributed by atoms with Crippen molar-refractivity contribution in [1.29, 1.82) is 0 Å². The highest BCUT2D eigenvalue weighted by Gasteiger charge is 2.29. The highest BCUT2D eigenvalue weighted by molar-refractivity contribution is 6.11. The van der Waals surface area contributed by atoms with Crippen molar-refractivity contribution in [2.75, 3.05) is 98.2 Å². The Labute approximate surface area is 393 Å². The fourth-order valence-electron chi connectivity index (χ4n) is 9.59. The van der Waals surface area contributed by atoms with Gasteiger partial charge < -0.3 is 40.4 Å². The number of piperidine rings is 2. The Morgan fingerprint density at radius 1 is 0.721 bits per heavy atom. The molecule has 18 heteroatoms. The number of nitrogens with one attached hydrogen (secondary N) is 5. The summed E-state index contributed by atoms with van der Waals surface area (Å²) in [7, 11) is 2.10. The van der Waals surface area contributed by atoms with Crippen LogP contribution in [0.5, 0.6) is 0 Å². The maximum absolute atomic E-state index is 14.2. The number of carbonyl (C=O) groups is 5. The SMILES string of the molecule is CN1CCN(c2ccc(C(=O)Nc3n[nH]c4ccc(Cc5cc(F)cc(F)c5)cc34)c(NC3CCCN(C(=O)CCC(=O)N4CCN(c5ccc(NC6CCC(=O)NC6=O)cc5)CC4)C3)c2)CC1. The van der Waals surface area contributed by atoms with Gasteiger partial charge in [-0.25, -0.2) is 8.78 Å². The van der Waals surface area contributed by atoms with E-state index < -0.39 is 17.7 Å². The molecule has 5 heterocycles. The molecular formula is C50H57F2N11O5. The van der Waals surface area contributed by atoms with E-state index in [0.717, 1.165) is 67.7 Å². The Bertz CT molecular complexity index is 2660. The van der Waals surface area contributed by atoms with Gasteiger partial charge in [-0.15, -0.1) is 0 Å². The third-order valence-electron chi connectivity index (χ3n) is 13.4. The molecule has 0 saturated carbocycles. The predicted molar refractivity (Wildman–Crippen MR) is 257 cm³/mol. The largest absolute Gasteiger partial charge is 0.380 e. The number of hydrogen-bond acceptors (Lipinski definition) is 11. The van der Waals surface area contributed by atoms with Gasteiger partial charge in [-0.1, -0.05) is 6.07 Å². The number of benzene rings is 4. The number of likely N-dealkylation sites (tertiary alicyclic amines) is 1. The first-order chi connectivity index (χ1) is 32.9. The minimum atomic E-state index is -0.645. The zero-order valence-corrected chi connectivity index (χ0v) is 38.2. The fraction of sp³-hybridized carbons (Fsp3) is 0.400. The summed E-state index contributed by atoms with van der Waals surface area (Å²) in [6.45, 7) is 6.89. The molecule has 0 radical (unpaired) electrons. The number of aromatic nitrogens is 2. The first-order valence-corrected chi connectivity index (χ1v) is 23.5. The molecule has 4 fully saturated rings. The van der Waals surface area contributed by atoms with E-state index in [1.165, 1.54) is 12.1 Å². The molecule has 1 aromatic heterocycles. The second kappa shape index (κ2) is 20.4. The first kappa shape index (κ1) is 46.0. The van der Waals surface area contributed by atoms with Gasteiger partial charge in [0.2, 0.25) is 23.6 Å². The van der Waals surface area contributed by atoms with Gasteiger partial charge in [-0.05, 0) is 111 Å². The van der Waals surface area contributed by atoms with Gasteiger partial charge in [0, 0.05) is 125 Å².